The highest BCUT2D eigenvalue weighted by atomic mass is 14.9. The van der Waals surface area contributed by atoms with Gasteiger partial charge in [-0.1, -0.05) is 62.1 Å². The molecule has 0 aromatic carbocycles. The summed E-state index contributed by atoms with van der Waals surface area (Å²) in [6.45, 7) is 18.2. The Balaban J connectivity index is 5.63. The molecule has 1 heteroatoms. The fourth-order valence-electron chi connectivity index (χ4n) is 3.03. The first-order valence-electron chi connectivity index (χ1n) is 8.98. The van der Waals surface area contributed by atoms with Crippen LogP contribution >= 0.6 is 0 Å². The Kier molecular flexibility index (Phi) is 9.67. The quantitative estimate of drug-likeness (QED) is 0.382. The second-order valence-electron chi connectivity index (χ2n) is 6.92. The van der Waals surface area contributed by atoms with E-state index >= 15 is 0 Å². The zero-order valence-electron chi connectivity index (χ0n) is 16.6. The predicted octanol–water partition coefficient (Wildman–Crippen LogP) is 6.43. The highest BCUT2D eigenvalue weighted by molar-refractivity contribution is 5.31. The zero-order chi connectivity index (χ0) is 17.3. The Hall–Kier alpha value is -0.820. The summed E-state index contributed by atoms with van der Waals surface area (Å²) in [6.07, 6.45) is 9.16. The molecule has 2 unspecified atom stereocenters. The molecule has 128 valence electrons. The molecule has 0 aliphatic heterocycles. The SMILES string of the molecule is CC/C=C(C)\C=C(/C)C/C(=C(/C)C(C)(CC)NC)C(C)CC. The van der Waals surface area contributed by atoms with Gasteiger partial charge in [-0.05, 0) is 66.3 Å². The Morgan fingerprint density at radius 3 is 2.14 bits per heavy atom. The normalized spacial score (nSPS) is 18.8. The van der Waals surface area contributed by atoms with Gasteiger partial charge in [-0.25, -0.2) is 0 Å². The van der Waals surface area contributed by atoms with E-state index in [2.05, 4.69) is 79.9 Å². The average Bonchev–Trinajstić information content (AvgIpc) is 2.50. The minimum atomic E-state index is 0.105. The summed E-state index contributed by atoms with van der Waals surface area (Å²) in [5.41, 5.74) is 6.09. The van der Waals surface area contributed by atoms with Crippen molar-refractivity contribution in [3.8, 4) is 0 Å². The van der Waals surface area contributed by atoms with Crippen LogP contribution in [-0.2, 0) is 0 Å². The van der Waals surface area contributed by atoms with E-state index in [1.54, 1.807) is 5.57 Å². The van der Waals surface area contributed by atoms with Gasteiger partial charge in [-0.15, -0.1) is 0 Å². The van der Waals surface area contributed by atoms with E-state index in [1.807, 2.05) is 0 Å². The molecule has 0 aliphatic rings. The van der Waals surface area contributed by atoms with Gasteiger partial charge in [-0.3, -0.25) is 0 Å². The maximum atomic E-state index is 3.53. The molecular weight excluding hydrogens is 266 g/mol. The van der Waals surface area contributed by atoms with Crippen LogP contribution in [0.1, 0.15) is 81.1 Å². The van der Waals surface area contributed by atoms with Gasteiger partial charge in [0.2, 0.25) is 0 Å². The summed E-state index contributed by atoms with van der Waals surface area (Å²) in [4.78, 5) is 0. The molecular formula is C21H39N. The van der Waals surface area contributed by atoms with Crippen molar-refractivity contribution >= 4 is 0 Å². The van der Waals surface area contributed by atoms with E-state index in [-0.39, 0.29) is 5.54 Å². The molecule has 1 N–H and O–H groups in total. The Bertz CT molecular complexity index is 419. The van der Waals surface area contributed by atoms with Gasteiger partial charge in [-0.2, -0.15) is 0 Å². The van der Waals surface area contributed by atoms with E-state index < -0.39 is 0 Å². The smallest absolute Gasteiger partial charge is 0.0360 e. The summed E-state index contributed by atoms with van der Waals surface area (Å²) < 4.78 is 0. The van der Waals surface area contributed by atoms with Gasteiger partial charge >= 0.3 is 0 Å². The van der Waals surface area contributed by atoms with Gasteiger partial charge < -0.3 is 5.32 Å². The van der Waals surface area contributed by atoms with Crippen LogP contribution in [0.15, 0.2) is 34.4 Å². The molecule has 0 fully saturated rings. The zero-order valence-corrected chi connectivity index (χ0v) is 16.6. The van der Waals surface area contributed by atoms with Crippen LogP contribution in [0, 0.1) is 5.92 Å². The fraction of sp³-hybridized carbons (Fsp3) is 0.714. The minimum absolute atomic E-state index is 0.105. The molecule has 0 heterocycles. The van der Waals surface area contributed by atoms with E-state index in [9.17, 15) is 0 Å². The molecule has 22 heavy (non-hydrogen) atoms. The van der Waals surface area contributed by atoms with Gasteiger partial charge in [0.1, 0.15) is 0 Å². The molecule has 0 radical (unpaired) electrons. The molecule has 0 spiro atoms. The highest BCUT2D eigenvalue weighted by Crippen LogP contribution is 2.32. The molecule has 0 aromatic heterocycles. The summed E-state index contributed by atoms with van der Waals surface area (Å²) >= 11 is 0. The van der Waals surface area contributed by atoms with Gasteiger partial charge in [0.25, 0.3) is 0 Å². The van der Waals surface area contributed by atoms with E-state index in [1.165, 1.54) is 23.1 Å². The molecule has 0 amide bonds. The van der Waals surface area contributed by atoms with Gasteiger partial charge in [0.05, 0.1) is 0 Å². The van der Waals surface area contributed by atoms with Crippen molar-refractivity contribution in [1.82, 2.24) is 5.32 Å². The Morgan fingerprint density at radius 1 is 1.14 bits per heavy atom. The molecule has 0 aromatic rings. The van der Waals surface area contributed by atoms with Crippen LogP contribution in [0.25, 0.3) is 0 Å². The molecule has 0 aliphatic carbocycles. The molecule has 0 bridgehead atoms. The number of hydrogen-bond donors (Lipinski definition) is 1. The van der Waals surface area contributed by atoms with Crippen LogP contribution in [0.4, 0.5) is 0 Å². The van der Waals surface area contributed by atoms with Crippen LogP contribution in [0.5, 0.6) is 0 Å². The molecule has 1 nitrogen and oxygen atoms in total. The maximum Gasteiger partial charge on any atom is 0.0360 e. The second kappa shape index (κ2) is 10.0. The van der Waals surface area contributed by atoms with Crippen molar-refractivity contribution in [2.45, 2.75) is 86.6 Å². The lowest BCUT2D eigenvalue weighted by molar-refractivity contribution is 0.424. The standard InChI is InChI=1S/C21H39N/c1-10-13-16(4)14-17(5)15-20(18(6)11-2)19(7)21(8,12-3)22-9/h13-14,18,22H,10-12,15H2,1-9H3/b16-13-,17-14+,20-19+. The Morgan fingerprint density at radius 2 is 1.73 bits per heavy atom. The topological polar surface area (TPSA) is 12.0 Å². The number of nitrogens with one attached hydrogen (secondary N) is 1. The fourth-order valence-corrected chi connectivity index (χ4v) is 3.03. The van der Waals surface area contributed by atoms with Crippen molar-refractivity contribution < 1.29 is 0 Å². The monoisotopic (exact) mass is 305 g/mol. The number of allylic oxidation sites excluding steroid dienone is 5. The van der Waals surface area contributed by atoms with Crippen LogP contribution in [0.3, 0.4) is 0 Å². The first-order valence-corrected chi connectivity index (χ1v) is 8.98. The third-order valence-corrected chi connectivity index (χ3v) is 5.24. The average molecular weight is 306 g/mol. The molecule has 0 saturated heterocycles. The first kappa shape index (κ1) is 21.2. The molecule has 0 rings (SSSR count). The van der Waals surface area contributed by atoms with Crippen molar-refractivity contribution in [1.29, 1.82) is 0 Å². The highest BCUT2D eigenvalue weighted by Gasteiger charge is 2.25. The van der Waals surface area contributed by atoms with Crippen molar-refractivity contribution in [3.05, 3.63) is 34.4 Å². The van der Waals surface area contributed by atoms with Crippen LogP contribution in [0.2, 0.25) is 0 Å². The first-order chi connectivity index (χ1) is 10.2. The lowest BCUT2D eigenvalue weighted by Gasteiger charge is -2.33. The second-order valence-corrected chi connectivity index (χ2v) is 6.92. The minimum Gasteiger partial charge on any atom is -0.311 e. The van der Waals surface area contributed by atoms with Crippen molar-refractivity contribution in [2.24, 2.45) is 5.92 Å². The predicted molar refractivity (Wildman–Crippen MR) is 102 cm³/mol. The van der Waals surface area contributed by atoms with Crippen molar-refractivity contribution in [3.63, 3.8) is 0 Å². The molecule has 0 saturated carbocycles. The third kappa shape index (κ3) is 6.12. The number of hydrogen-bond acceptors (Lipinski definition) is 1. The number of likely N-dealkylation sites (N-methyl/N-ethyl adjacent to an activating group) is 1. The van der Waals surface area contributed by atoms with Gasteiger partial charge in [0, 0.05) is 5.54 Å². The van der Waals surface area contributed by atoms with E-state index in [4.69, 9.17) is 0 Å². The lowest BCUT2D eigenvalue weighted by Crippen LogP contribution is -2.41. The summed E-state index contributed by atoms with van der Waals surface area (Å²) in [5, 5.41) is 3.53. The lowest BCUT2D eigenvalue weighted by atomic mass is 9.80. The van der Waals surface area contributed by atoms with E-state index in [0.717, 1.165) is 19.3 Å². The number of rotatable bonds is 9. The van der Waals surface area contributed by atoms with Crippen LogP contribution in [-0.4, -0.2) is 12.6 Å². The third-order valence-electron chi connectivity index (χ3n) is 5.24. The van der Waals surface area contributed by atoms with Crippen molar-refractivity contribution in [2.75, 3.05) is 7.05 Å². The Labute approximate surface area is 140 Å². The summed E-state index contributed by atoms with van der Waals surface area (Å²) in [7, 11) is 2.08. The van der Waals surface area contributed by atoms with E-state index in [0.29, 0.717) is 5.92 Å². The maximum absolute atomic E-state index is 3.53. The summed E-state index contributed by atoms with van der Waals surface area (Å²) in [6, 6.07) is 0. The summed E-state index contributed by atoms with van der Waals surface area (Å²) in [5.74, 6) is 0.637. The van der Waals surface area contributed by atoms with Crippen LogP contribution < -0.4 is 5.32 Å². The van der Waals surface area contributed by atoms with Gasteiger partial charge in [0.15, 0.2) is 0 Å². The molecule has 2 atom stereocenters. The largest absolute Gasteiger partial charge is 0.311 e.